The number of hydrogen-bond acceptors (Lipinski definition) is 4. The highest BCUT2D eigenvalue weighted by Crippen LogP contribution is 2.09. The molecule has 0 radical (unpaired) electrons. The van der Waals surface area contributed by atoms with Crippen LogP contribution in [0.2, 0.25) is 0 Å². The number of amides is 1. The van der Waals surface area contributed by atoms with E-state index >= 15 is 0 Å². The van der Waals surface area contributed by atoms with Crippen molar-refractivity contribution in [2.24, 2.45) is 0 Å². The molecule has 0 aliphatic carbocycles. The van der Waals surface area contributed by atoms with Crippen LogP contribution in [0.15, 0.2) is 36.4 Å². The van der Waals surface area contributed by atoms with E-state index in [1.807, 2.05) is 6.07 Å². The van der Waals surface area contributed by atoms with Crippen molar-refractivity contribution in [1.82, 2.24) is 15.1 Å². The minimum Gasteiger partial charge on any atom is -0.365 e. The van der Waals surface area contributed by atoms with E-state index in [-0.39, 0.29) is 5.91 Å². The molecule has 2 aromatic rings. The summed E-state index contributed by atoms with van der Waals surface area (Å²) in [6.07, 6.45) is 2.05. The average Bonchev–Trinajstić information content (AvgIpc) is 2.57. The Hall–Kier alpha value is -2.43. The van der Waals surface area contributed by atoms with Crippen LogP contribution in [0, 0.1) is 6.92 Å². The molecule has 5 nitrogen and oxygen atoms in total. The van der Waals surface area contributed by atoms with Crippen molar-refractivity contribution < 1.29 is 4.79 Å². The van der Waals surface area contributed by atoms with Crippen molar-refractivity contribution in [2.45, 2.75) is 33.2 Å². The highest BCUT2D eigenvalue weighted by molar-refractivity contribution is 5.92. The summed E-state index contributed by atoms with van der Waals surface area (Å²) in [6.45, 7) is 5.59. The quantitative estimate of drug-likeness (QED) is 0.852. The smallest absolute Gasteiger partial charge is 0.274 e. The van der Waals surface area contributed by atoms with Crippen LogP contribution in [0.4, 0.5) is 5.82 Å². The molecule has 5 heteroatoms. The Labute approximate surface area is 137 Å². The van der Waals surface area contributed by atoms with E-state index in [1.165, 1.54) is 11.1 Å². The summed E-state index contributed by atoms with van der Waals surface area (Å²) in [7, 11) is 1.80. The third-order valence-electron chi connectivity index (χ3n) is 3.63. The predicted molar refractivity (Wildman–Crippen MR) is 92.4 cm³/mol. The summed E-state index contributed by atoms with van der Waals surface area (Å²) in [5, 5.41) is 11.3. The number of carbonyl (C=O) groups excluding carboxylic acids is 1. The zero-order chi connectivity index (χ0) is 16.7. The van der Waals surface area contributed by atoms with Crippen LogP contribution in [0.1, 0.15) is 41.4 Å². The molecule has 0 atom stereocenters. The molecule has 0 unspecified atom stereocenters. The van der Waals surface area contributed by atoms with Crippen LogP contribution in [0.5, 0.6) is 0 Å². The molecular formula is C18H24N4O. The van der Waals surface area contributed by atoms with E-state index < -0.39 is 0 Å². The van der Waals surface area contributed by atoms with Gasteiger partial charge in [0.25, 0.3) is 5.91 Å². The molecule has 0 aliphatic rings. The minimum atomic E-state index is -0.0869. The number of anilines is 1. The third kappa shape index (κ3) is 5.06. The highest BCUT2D eigenvalue weighted by atomic mass is 16.2. The molecule has 1 aromatic heterocycles. The monoisotopic (exact) mass is 312 g/mol. The van der Waals surface area contributed by atoms with E-state index in [4.69, 9.17) is 0 Å². The van der Waals surface area contributed by atoms with Gasteiger partial charge in [-0.05, 0) is 31.0 Å². The Bertz CT molecular complexity index is 640. The first kappa shape index (κ1) is 16.9. The Kier molecular flexibility index (Phi) is 6.09. The van der Waals surface area contributed by atoms with Gasteiger partial charge in [0, 0.05) is 20.1 Å². The summed E-state index contributed by atoms with van der Waals surface area (Å²) in [6, 6.07) is 11.8. The van der Waals surface area contributed by atoms with Gasteiger partial charge in [-0.2, -0.15) is 0 Å². The molecule has 23 heavy (non-hydrogen) atoms. The second-order valence-electron chi connectivity index (χ2n) is 5.73. The number of aromatic nitrogens is 2. The van der Waals surface area contributed by atoms with Gasteiger partial charge in [0.1, 0.15) is 5.82 Å². The third-order valence-corrected chi connectivity index (χ3v) is 3.63. The van der Waals surface area contributed by atoms with E-state index in [1.54, 1.807) is 24.1 Å². The van der Waals surface area contributed by atoms with E-state index in [0.29, 0.717) is 18.1 Å². The Morgan fingerprint density at radius 1 is 1.22 bits per heavy atom. The van der Waals surface area contributed by atoms with Gasteiger partial charge >= 0.3 is 0 Å². The molecule has 1 heterocycles. The fourth-order valence-corrected chi connectivity index (χ4v) is 2.25. The number of aryl methyl sites for hydroxylation is 1. The lowest BCUT2D eigenvalue weighted by Gasteiger charge is -2.15. The largest absolute Gasteiger partial charge is 0.365 e. The van der Waals surface area contributed by atoms with Crippen molar-refractivity contribution in [1.29, 1.82) is 0 Å². The summed E-state index contributed by atoms with van der Waals surface area (Å²) < 4.78 is 0. The van der Waals surface area contributed by atoms with Crippen molar-refractivity contribution in [3.8, 4) is 0 Å². The van der Waals surface area contributed by atoms with E-state index in [0.717, 1.165) is 19.4 Å². The van der Waals surface area contributed by atoms with Gasteiger partial charge in [-0.15, -0.1) is 10.2 Å². The molecule has 2 rings (SSSR count). The number of nitrogens with one attached hydrogen (secondary N) is 1. The summed E-state index contributed by atoms with van der Waals surface area (Å²) in [4.78, 5) is 13.9. The first-order chi connectivity index (χ1) is 11.1. The van der Waals surface area contributed by atoms with Crippen LogP contribution in [-0.4, -0.2) is 34.6 Å². The van der Waals surface area contributed by atoms with Gasteiger partial charge in [0.2, 0.25) is 0 Å². The first-order valence-electron chi connectivity index (χ1n) is 7.98. The van der Waals surface area contributed by atoms with Gasteiger partial charge in [-0.25, -0.2) is 0 Å². The lowest BCUT2D eigenvalue weighted by Crippen LogP contribution is -2.28. The summed E-state index contributed by atoms with van der Waals surface area (Å²) in [5.41, 5.74) is 2.79. The summed E-state index contributed by atoms with van der Waals surface area (Å²) in [5.74, 6) is 0.579. The number of hydrogen-bond donors (Lipinski definition) is 1. The van der Waals surface area contributed by atoms with Gasteiger partial charge in [0.05, 0.1) is 0 Å². The van der Waals surface area contributed by atoms with Crippen LogP contribution < -0.4 is 5.32 Å². The molecule has 0 saturated heterocycles. The second kappa shape index (κ2) is 8.27. The van der Waals surface area contributed by atoms with Crippen LogP contribution in [-0.2, 0) is 6.54 Å². The zero-order valence-electron chi connectivity index (χ0n) is 14.0. The molecule has 1 N–H and O–H groups in total. The van der Waals surface area contributed by atoms with Gasteiger partial charge in [-0.3, -0.25) is 4.79 Å². The Morgan fingerprint density at radius 3 is 2.70 bits per heavy atom. The lowest BCUT2D eigenvalue weighted by atomic mass is 10.1. The average molecular weight is 312 g/mol. The lowest BCUT2D eigenvalue weighted by molar-refractivity contribution is 0.0786. The molecule has 0 bridgehead atoms. The topological polar surface area (TPSA) is 58.1 Å². The summed E-state index contributed by atoms with van der Waals surface area (Å²) >= 11 is 0. The van der Waals surface area contributed by atoms with E-state index in [2.05, 4.69) is 47.6 Å². The number of nitrogens with zero attached hydrogens (tertiary/aromatic N) is 3. The SMILES string of the molecule is CCCCN(C)C(=O)c1ccc(NCc2cccc(C)c2)nn1. The van der Waals surface area contributed by atoms with Crippen molar-refractivity contribution in [3.05, 3.63) is 53.2 Å². The molecule has 0 aliphatic heterocycles. The highest BCUT2D eigenvalue weighted by Gasteiger charge is 2.13. The van der Waals surface area contributed by atoms with E-state index in [9.17, 15) is 4.79 Å². The number of rotatable bonds is 7. The minimum absolute atomic E-state index is 0.0869. The second-order valence-corrected chi connectivity index (χ2v) is 5.73. The molecule has 122 valence electrons. The van der Waals surface area contributed by atoms with Crippen molar-refractivity contribution >= 4 is 11.7 Å². The zero-order valence-corrected chi connectivity index (χ0v) is 14.0. The standard InChI is InChI=1S/C18H24N4O/c1-4-5-11-22(3)18(23)16-9-10-17(21-20-16)19-13-15-8-6-7-14(2)12-15/h6-10,12H,4-5,11,13H2,1-3H3,(H,19,21). The number of benzene rings is 1. The Balaban J connectivity index is 1.92. The molecule has 0 saturated carbocycles. The molecule has 1 amide bonds. The maximum atomic E-state index is 12.2. The van der Waals surface area contributed by atoms with Gasteiger partial charge in [-0.1, -0.05) is 43.2 Å². The predicted octanol–water partition coefficient (Wildman–Crippen LogP) is 3.27. The van der Waals surface area contributed by atoms with Crippen LogP contribution >= 0.6 is 0 Å². The fraction of sp³-hybridized carbons (Fsp3) is 0.389. The van der Waals surface area contributed by atoms with Gasteiger partial charge < -0.3 is 10.2 Å². The normalized spacial score (nSPS) is 10.4. The van der Waals surface area contributed by atoms with Crippen LogP contribution in [0.3, 0.4) is 0 Å². The first-order valence-corrected chi connectivity index (χ1v) is 7.98. The maximum absolute atomic E-state index is 12.2. The van der Waals surface area contributed by atoms with Crippen LogP contribution in [0.25, 0.3) is 0 Å². The molecular weight excluding hydrogens is 288 g/mol. The van der Waals surface area contributed by atoms with Crippen molar-refractivity contribution in [2.75, 3.05) is 18.9 Å². The molecule has 0 spiro atoms. The number of unbranched alkanes of at least 4 members (excludes halogenated alkanes) is 1. The molecule has 0 fully saturated rings. The van der Waals surface area contributed by atoms with Gasteiger partial charge in [0.15, 0.2) is 5.69 Å². The van der Waals surface area contributed by atoms with Crippen molar-refractivity contribution in [3.63, 3.8) is 0 Å². The number of carbonyl (C=O) groups is 1. The Morgan fingerprint density at radius 2 is 2.04 bits per heavy atom. The fourth-order valence-electron chi connectivity index (χ4n) is 2.25. The molecule has 1 aromatic carbocycles. The maximum Gasteiger partial charge on any atom is 0.274 e.